The maximum absolute atomic E-state index is 12.8. The van der Waals surface area contributed by atoms with Gasteiger partial charge in [0.05, 0.1) is 24.0 Å². The summed E-state index contributed by atoms with van der Waals surface area (Å²) in [5.74, 6) is 0.251. The summed E-state index contributed by atoms with van der Waals surface area (Å²) < 4.78 is 32.3. The maximum atomic E-state index is 12.8. The van der Waals surface area contributed by atoms with Crippen LogP contribution in [0.1, 0.15) is 25.3 Å². The smallest absolute Gasteiger partial charge is 0.310 e. The second-order valence-electron chi connectivity index (χ2n) is 7.28. The minimum Gasteiger partial charge on any atom is -0.466 e. The molecule has 0 saturated carbocycles. The highest BCUT2D eigenvalue weighted by atomic mass is 32.2. The number of nitrogens with one attached hydrogen (secondary N) is 1. The topological polar surface area (TPSA) is 91.3 Å². The Balaban J connectivity index is 1.55. The molecule has 160 valence electrons. The fourth-order valence-corrected chi connectivity index (χ4v) is 5.38. The number of para-hydroxylation sites is 1. The molecule has 0 bridgehead atoms. The molecule has 29 heavy (non-hydrogen) atoms. The highest BCUT2D eigenvalue weighted by molar-refractivity contribution is 7.92. The molecule has 1 N–H and O–H groups in total. The zero-order chi connectivity index (χ0) is 20.9. The van der Waals surface area contributed by atoms with Crippen LogP contribution in [-0.4, -0.2) is 70.8 Å². The first-order valence-corrected chi connectivity index (χ1v) is 11.8. The van der Waals surface area contributed by atoms with E-state index in [1.54, 1.807) is 14.0 Å². The zero-order valence-electron chi connectivity index (χ0n) is 17.1. The van der Waals surface area contributed by atoms with E-state index in [9.17, 15) is 13.2 Å². The molecule has 1 fully saturated rings. The molecule has 3 rings (SSSR count). The third-order valence-electron chi connectivity index (χ3n) is 5.38. The second-order valence-corrected chi connectivity index (χ2v) is 9.29. The van der Waals surface area contributed by atoms with Gasteiger partial charge < -0.3 is 15.0 Å². The number of likely N-dealkylation sites (tertiary alicyclic amines) is 1. The van der Waals surface area contributed by atoms with E-state index in [4.69, 9.17) is 4.74 Å². The Labute approximate surface area is 173 Å². The van der Waals surface area contributed by atoms with Crippen LogP contribution in [-0.2, 0) is 26.0 Å². The van der Waals surface area contributed by atoms with Crippen LogP contribution in [0.4, 0.5) is 5.69 Å². The number of hydrogen-bond donors (Lipinski definition) is 1. The van der Waals surface area contributed by atoms with E-state index in [2.05, 4.69) is 10.3 Å². The molecule has 0 spiro atoms. The molecule has 9 heteroatoms. The van der Waals surface area contributed by atoms with Crippen molar-refractivity contribution in [3.8, 4) is 0 Å². The van der Waals surface area contributed by atoms with E-state index in [1.807, 2.05) is 29.2 Å². The van der Waals surface area contributed by atoms with Crippen LogP contribution in [0.5, 0.6) is 0 Å². The fourth-order valence-electron chi connectivity index (χ4n) is 3.95. The lowest BCUT2D eigenvalue weighted by molar-refractivity contribution is -0.149. The summed E-state index contributed by atoms with van der Waals surface area (Å²) in [5, 5.41) is 3.15. The molecule has 2 aliphatic rings. The van der Waals surface area contributed by atoms with Gasteiger partial charge >= 0.3 is 5.97 Å². The van der Waals surface area contributed by atoms with E-state index >= 15 is 0 Å². The Bertz CT molecular complexity index is 856. The predicted octanol–water partition coefficient (Wildman–Crippen LogP) is 1.23. The number of fused-ring (bicyclic) bond motifs is 1. The zero-order valence-corrected chi connectivity index (χ0v) is 18.0. The number of rotatable bonds is 6. The number of ether oxygens (including phenoxy) is 1. The number of esters is 1. The van der Waals surface area contributed by atoms with Gasteiger partial charge in [0.25, 0.3) is 0 Å². The number of carbonyl (C=O) groups is 1. The minimum atomic E-state index is -3.42. The van der Waals surface area contributed by atoms with Crippen molar-refractivity contribution in [1.82, 2.24) is 10.2 Å². The van der Waals surface area contributed by atoms with Crippen LogP contribution in [0, 0.1) is 5.92 Å². The third kappa shape index (κ3) is 5.01. The lowest BCUT2D eigenvalue weighted by Gasteiger charge is -2.34. The van der Waals surface area contributed by atoms with Crippen LogP contribution in [0.25, 0.3) is 0 Å². The standard InChI is InChI=1S/C20H30N4O4S/c1-3-28-19(25)17-8-6-12-23(15-17)20(21-2)22-11-14-29(26,27)24-13-10-16-7-4-5-9-18(16)24/h4-5,7,9,17H,3,6,8,10-15H2,1-2H3,(H,21,22). The van der Waals surface area contributed by atoms with Gasteiger partial charge in [0.2, 0.25) is 10.0 Å². The molecule has 1 aromatic carbocycles. The average molecular weight is 423 g/mol. The van der Waals surface area contributed by atoms with E-state index in [-0.39, 0.29) is 24.2 Å². The SMILES string of the molecule is CCOC(=O)C1CCCN(C(=NC)NCCS(=O)(=O)N2CCc3ccccc32)C1. The van der Waals surface area contributed by atoms with Crippen molar-refractivity contribution in [1.29, 1.82) is 0 Å². The monoisotopic (exact) mass is 422 g/mol. The number of guanidine groups is 1. The molecule has 1 atom stereocenters. The van der Waals surface area contributed by atoms with Gasteiger partial charge in [-0.05, 0) is 37.8 Å². The summed E-state index contributed by atoms with van der Waals surface area (Å²) in [4.78, 5) is 18.3. The summed E-state index contributed by atoms with van der Waals surface area (Å²) in [6.45, 7) is 4.24. The average Bonchev–Trinajstić information content (AvgIpc) is 3.17. The molecule has 8 nitrogen and oxygen atoms in total. The molecule has 1 saturated heterocycles. The summed E-state index contributed by atoms with van der Waals surface area (Å²) in [6, 6.07) is 7.63. The normalized spacial score (nSPS) is 19.8. The molecule has 0 amide bonds. The number of nitrogens with zero attached hydrogens (tertiary/aromatic N) is 3. The minimum absolute atomic E-state index is 0.0184. The molecule has 2 aliphatic heterocycles. The quantitative estimate of drug-likeness (QED) is 0.421. The van der Waals surface area contributed by atoms with Crippen LogP contribution < -0.4 is 9.62 Å². The molecule has 2 heterocycles. The van der Waals surface area contributed by atoms with Gasteiger partial charge in [0.15, 0.2) is 5.96 Å². The van der Waals surface area contributed by atoms with Gasteiger partial charge in [-0.15, -0.1) is 0 Å². The maximum Gasteiger partial charge on any atom is 0.310 e. The number of sulfonamides is 1. The number of benzene rings is 1. The van der Waals surface area contributed by atoms with Crippen molar-refractivity contribution >= 4 is 27.6 Å². The van der Waals surface area contributed by atoms with Crippen molar-refractivity contribution in [2.45, 2.75) is 26.2 Å². The van der Waals surface area contributed by atoms with Gasteiger partial charge in [0, 0.05) is 33.2 Å². The molecular formula is C20H30N4O4S. The third-order valence-corrected chi connectivity index (χ3v) is 7.15. The summed E-state index contributed by atoms with van der Waals surface area (Å²) in [7, 11) is -1.75. The van der Waals surface area contributed by atoms with Crippen molar-refractivity contribution in [3.63, 3.8) is 0 Å². The van der Waals surface area contributed by atoms with Crippen molar-refractivity contribution in [3.05, 3.63) is 29.8 Å². The van der Waals surface area contributed by atoms with Gasteiger partial charge in [-0.1, -0.05) is 18.2 Å². The Kier molecular flexibility index (Phi) is 7.00. The number of anilines is 1. The van der Waals surface area contributed by atoms with Gasteiger partial charge in [-0.25, -0.2) is 8.42 Å². The van der Waals surface area contributed by atoms with E-state index in [0.29, 0.717) is 25.7 Å². The molecular weight excluding hydrogens is 392 g/mol. The Morgan fingerprint density at radius 2 is 2.10 bits per heavy atom. The van der Waals surface area contributed by atoms with Gasteiger partial charge in [-0.3, -0.25) is 14.1 Å². The molecule has 1 aromatic rings. The Hall–Kier alpha value is -2.29. The first-order chi connectivity index (χ1) is 14.0. The fraction of sp³-hybridized carbons (Fsp3) is 0.600. The molecule has 1 unspecified atom stereocenters. The van der Waals surface area contributed by atoms with Crippen molar-refractivity contribution in [2.24, 2.45) is 10.9 Å². The largest absolute Gasteiger partial charge is 0.466 e. The molecule has 0 aromatic heterocycles. The number of piperidine rings is 1. The Morgan fingerprint density at radius 1 is 1.31 bits per heavy atom. The number of carbonyl (C=O) groups excluding carboxylic acids is 1. The highest BCUT2D eigenvalue weighted by Crippen LogP contribution is 2.29. The van der Waals surface area contributed by atoms with Crippen molar-refractivity contribution < 1.29 is 17.9 Å². The van der Waals surface area contributed by atoms with Gasteiger partial charge in [-0.2, -0.15) is 0 Å². The first kappa shape index (κ1) is 21.4. The number of hydrogen-bond acceptors (Lipinski definition) is 5. The van der Waals surface area contributed by atoms with Crippen LogP contribution in [0.3, 0.4) is 0 Å². The van der Waals surface area contributed by atoms with Crippen LogP contribution >= 0.6 is 0 Å². The summed E-state index contributed by atoms with van der Waals surface area (Å²) >= 11 is 0. The van der Waals surface area contributed by atoms with E-state index in [0.717, 1.165) is 37.1 Å². The Morgan fingerprint density at radius 3 is 2.86 bits per heavy atom. The molecule has 0 radical (unpaired) electrons. The van der Waals surface area contributed by atoms with Crippen LogP contribution in [0.15, 0.2) is 29.3 Å². The van der Waals surface area contributed by atoms with Crippen molar-refractivity contribution in [2.75, 3.05) is 49.9 Å². The van der Waals surface area contributed by atoms with E-state index < -0.39 is 10.0 Å². The first-order valence-electron chi connectivity index (χ1n) is 10.2. The second kappa shape index (κ2) is 9.47. The lowest BCUT2D eigenvalue weighted by atomic mass is 9.98. The highest BCUT2D eigenvalue weighted by Gasteiger charge is 2.30. The molecule has 0 aliphatic carbocycles. The summed E-state index contributed by atoms with van der Waals surface area (Å²) in [6.07, 6.45) is 2.41. The number of aliphatic imine (C=N–C) groups is 1. The lowest BCUT2D eigenvalue weighted by Crippen LogP contribution is -2.49. The van der Waals surface area contributed by atoms with Crippen LogP contribution in [0.2, 0.25) is 0 Å². The van der Waals surface area contributed by atoms with E-state index in [1.165, 1.54) is 4.31 Å². The predicted molar refractivity (Wildman–Crippen MR) is 114 cm³/mol. The summed E-state index contributed by atoms with van der Waals surface area (Å²) in [5.41, 5.74) is 1.85. The van der Waals surface area contributed by atoms with Gasteiger partial charge in [0.1, 0.15) is 0 Å².